The third-order valence-corrected chi connectivity index (χ3v) is 14.4. The molecule has 0 bridgehead atoms. The molecule has 16 nitrogen and oxygen atoms in total. The number of pyridine rings is 2. The summed E-state index contributed by atoms with van der Waals surface area (Å²) in [4.78, 5) is 14.3. The molecule has 18 heteroatoms. The van der Waals surface area contributed by atoms with Crippen molar-refractivity contribution >= 4 is 33.7 Å². The number of allylic oxidation sites excluding steroid dienone is 1. The number of rotatable bonds is 10. The van der Waals surface area contributed by atoms with Gasteiger partial charge in [-0.05, 0) is 82.4 Å². The lowest BCUT2D eigenvalue weighted by Crippen LogP contribution is -2.44. The third-order valence-electron chi connectivity index (χ3n) is 14.4. The fourth-order valence-electron chi connectivity index (χ4n) is 10.2. The van der Waals surface area contributed by atoms with Crippen molar-refractivity contribution in [1.29, 1.82) is 0 Å². The number of ether oxygens (including phenoxy) is 2. The molecule has 8 heterocycles. The Labute approximate surface area is 393 Å². The van der Waals surface area contributed by atoms with E-state index in [-0.39, 0.29) is 62.9 Å². The second-order valence-electron chi connectivity index (χ2n) is 19.0. The first kappa shape index (κ1) is 45.6. The average Bonchev–Trinajstić information content (AvgIpc) is 4.20. The predicted octanol–water partition coefficient (Wildman–Crippen LogP) is 7.02. The highest BCUT2D eigenvalue weighted by Crippen LogP contribution is 2.47. The number of aromatic nitrogens is 10. The molecule has 1 saturated carbocycles. The number of hydrogen-bond donors (Lipinski definition) is 4. The van der Waals surface area contributed by atoms with E-state index in [1.54, 1.807) is 40.2 Å². The SMILES string of the molecule is CCC(CC#CC1(F)CCC(O)(c2cc(N3CCOC[C@H]3C)nc3c2cnn3-c2cc[nH]n2)CC1)CCC#CC1=C(F)CC(O)(c2cc(N3CCOC[C@H]3C)nc3c2cnn3-c2cc[nH]n2)CC1. The van der Waals surface area contributed by atoms with Crippen molar-refractivity contribution in [3.05, 3.63) is 71.6 Å². The van der Waals surface area contributed by atoms with Gasteiger partial charge >= 0.3 is 0 Å². The van der Waals surface area contributed by atoms with Gasteiger partial charge in [-0.15, -0.1) is 0 Å². The summed E-state index contributed by atoms with van der Waals surface area (Å²) in [7, 11) is 0. The van der Waals surface area contributed by atoms with Gasteiger partial charge in [-0.2, -0.15) is 29.8 Å². The summed E-state index contributed by atoms with van der Waals surface area (Å²) in [6.07, 6.45) is 10.3. The van der Waals surface area contributed by atoms with Gasteiger partial charge in [0.25, 0.3) is 0 Å². The van der Waals surface area contributed by atoms with Crippen LogP contribution in [0.25, 0.3) is 33.7 Å². The van der Waals surface area contributed by atoms with Crippen LogP contribution in [0.2, 0.25) is 0 Å². The van der Waals surface area contributed by atoms with Crippen LogP contribution in [-0.2, 0) is 20.7 Å². The fraction of sp³-hybridized carbons (Fsp3) is 0.520. The Morgan fingerprint density at radius 3 is 1.88 bits per heavy atom. The maximum Gasteiger partial charge on any atom is 0.177 e. The van der Waals surface area contributed by atoms with Crippen LogP contribution in [0.4, 0.5) is 20.4 Å². The predicted molar refractivity (Wildman–Crippen MR) is 253 cm³/mol. The van der Waals surface area contributed by atoms with Crippen LogP contribution in [0.3, 0.4) is 0 Å². The molecule has 0 amide bonds. The van der Waals surface area contributed by atoms with Crippen LogP contribution < -0.4 is 9.80 Å². The van der Waals surface area contributed by atoms with Gasteiger partial charge in [0.15, 0.2) is 28.6 Å². The molecule has 68 heavy (non-hydrogen) atoms. The van der Waals surface area contributed by atoms with Crippen LogP contribution in [0.5, 0.6) is 0 Å². The first-order valence-electron chi connectivity index (χ1n) is 23.9. The van der Waals surface area contributed by atoms with Gasteiger partial charge in [-0.3, -0.25) is 10.2 Å². The molecule has 0 radical (unpaired) electrons. The Balaban J connectivity index is 0.789. The Bertz CT molecular complexity index is 2920. The van der Waals surface area contributed by atoms with Crippen LogP contribution in [0.15, 0.2) is 60.5 Å². The Morgan fingerprint density at radius 2 is 1.37 bits per heavy atom. The quantitative estimate of drug-likeness (QED) is 0.103. The normalized spacial score (nSPS) is 26.2. The van der Waals surface area contributed by atoms with Crippen molar-refractivity contribution in [3.63, 3.8) is 0 Å². The number of alkyl halides is 1. The van der Waals surface area contributed by atoms with Crippen molar-refractivity contribution in [2.75, 3.05) is 49.3 Å². The molecule has 4 N–H and O–H groups in total. The standard InChI is InChI=1S/C50H58F2N12O4/c1-4-35(9-7-14-48(52)16-18-49(65,19-17-48)39-26-44(61-22-24-67-31-33(61)2)57-46-37(39)29-55-63(46)42-12-20-53-59-42)8-5-6-10-36-11-15-50(66,28-41(36)51)40-27-45(62-23-25-68-32-34(62)3)58-47-38(40)30-56-64(47)43-13-21-54-60-43/h12-13,20-21,26-27,29-30,33-35,65-66H,4-5,8-9,11,15-19,22-25,28,31-32H2,1-3H3,(H,53,59)(H,54,60)/t33-,34-,35?,48?,49?,50?/m1/s1. The Kier molecular flexibility index (Phi) is 12.6. The summed E-state index contributed by atoms with van der Waals surface area (Å²) in [5.41, 5.74) is -1.77. The summed E-state index contributed by atoms with van der Waals surface area (Å²) in [5, 5.41) is 49.3. The molecule has 6 aromatic heterocycles. The van der Waals surface area contributed by atoms with E-state index in [9.17, 15) is 10.2 Å². The number of aromatic amines is 2. The molecule has 0 aromatic carbocycles. The van der Waals surface area contributed by atoms with Gasteiger partial charge in [-0.25, -0.2) is 18.7 Å². The number of nitrogens with zero attached hydrogens (tertiary/aromatic N) is 10. The zero-order valence-electron chi connectivity index (χ0n) is 38.8. The van der Waals surface area contributed by atoms with Crippen molar-refractivity contribution in [2.24, 2.45) is 5.92 Å². The lowest BCUT2D eigenvalue weighted by molar-refractivity contribution is -0.0330. The molecule has 2 aliphatic heterocycles. The zero-order chi connectivity index (χ0) is 47.0. The van der Waals surface area contributed by atoms with E-state index in [1.807, 2.05) is 18.2 Å². The molecule has 2 aliphatic carbocycles. The molecular weight excluding hydrogens is 871 g/mol. The molecule has 4 atom stereocenters. The van der Waals surface area contributed by atoms with Crippen molar-refractivity contribution in [1.82, 2.24) is 49.9 Å². The van der Waals surface area contributed by atoms with Gasteiger partial charge in [0.05, 0.1) is 62.1 Å². The minimum atomic E-state index is -1.73. The number of anilines is 2. The molecule has 0 spiro atoms. The highest BCUT2D eigenvalue weighted by molar-refractivity contribution is 5.84. The maximum absolute atomic E-state index is 16.4. The van der Waals surface area contributed by atoms with E-state index in [0.29, 0.717) is 114 Å². The number of nitrogens with one attached hydrogen (secondary N) is 2. The van der Waals surface area contributed by atoms with E-state index in [0.717, 1.165) is 12.8 Å². The third kappa shape index (κ3) is 8.86. The van der Waals surface area contributed by atoms with E-state index < -0.39 is 22.7 Å². The molecule has 3 fully saturated rings. The Hall–Kier alpha value is -6.18. The number of morpholine rings is 2. The van der Waals surface area contributed by atoms with E-state index >= 15 is 8.78 Å². The number of H-pyrrole nitrogens is 2. The first-order chi connectivity index (χ1) is 32.9. The van der Waals surface area contributed by atoms with Gasteiger partial charge < -0.3 is 29.5 Å². The van der Waals surface area contributed by atoms with Gasteiger partial charge in [0.1, 0.15) is 17.5 Å². The number of halogens is 2. The number of fused-ring (bicyclic) bond motifs is 2. The molecule has 2 unspecified atom stereocenters. The largest absolute Gasteiger partial charge is 0.385 e. The lowest BCUT2D eigenvalue weighted by atomic mass is 9.73. The minimum absolute atomic E-state index is 0.0555. The van der Waals surface area contributed by atoms with Crippen molar-refractivity contribution in [3.8, 4) is 35.3 Å². The topological polar surface area (TPSA) is 184 Å². The lowest BCUT2D eigenvalue weighted by Gasteiger charge is -2.39. The molecule has 2 saturated heterocycles. The number of hydrogen-bond acceptors (Lipinski definition) is 12. The van der Waals surface area contributed by atoms with Gasteiger partial charge in [-0.1, -0.05) is 37.0 Å². The van der Waals surface area contributed by atoms with Crippen LogP contribution in [0, 0.1) is 29.6 Å². The van der Waals surface area contributed by atoms with Gasteiger partial charge in [0.2, 0.25) is 0 Å². The maximum atomic E-state index is 16.4. The highest BCUT2D eigenvalue weighted by Gasteiger charge is 2.44. The van der Waals surface area contributed by atoms with Crippen LogP contribution >= 0.6 is 0 Å². The zero-order valence-corrected chi connectivity index (χ0v) is 38.8. The Morgan fingerprint density at radius 1 is 0.794 bits per heavy atom. The molecular formula is C50H58F2N12O4. The molecule has 356 valence electrons. The second-order valence-corrected chi connectivity index (χ2v) is 19.0. The van der Waals surface area contributed by atoms with E-state index in [1.165, 1.54) is 0 Å². The monoisotopic (exact) mass is 928 g/mol. The van der Waals surface area contributed by atoms with E-state index in [2.05, 4.69) is 84.8 Å². The highest BCUT2D eigenvalue weighted by atomic mass is 19.1. The summed E-state index contributed by atoms with van der Waals surface area (Å²) >= 11 is 0. The average molecular weight is 929 g/mol. The van der Waals surface area contributed by atoms with E-state index in [4.69, 9.17) is 19.4 Å². The van der Waals surface area contributed by atoms with Crippen LogP contribution in [-0.4, -0.2) is 117 Å². The van der Waals surface area contributed by atoms with Crippen LogP contribution in [0.1, 0.15) is 103 Å². The van der Waals surface area contributed by atoms with Gasteiger partial charge in [0, 0.05) is 78.8 Å². The molecule has 6 aromatic rings. The second kappa shape index (κ2) is 18.7. The summed E-state index contributed by atoms with van der Waals surface area (Å²) in [6.45, 7) is 9.76. The van der Waals surface area contributed by atoms with Crippen molar-refractivity contribution < 1.29 is 28.5 Å². The summed E-state index contributed by atoms with van der Waals surface area (Å²) in [5.74, 6) is 14.7. The van der Waals surface area contributed by atoms with Crippen molar-refractivity contribution in [2.45, 2.75) is 120 Å². The molecule has 10 rings (SSSR count). The fourth-order valence-corrected chi connectivity index (χ4v) is 10.2. The smallest absolute Gasteiger partial charge is 0.177 e. The summed E-state index contributed by atoms with van der Waals surface area (Å²) in [6, 6.07) is 7.55. The summed E-state index contributed by atoms with van der Waals surface area (Å²) < 4.78 is 47.1. The number of aliphatic hydroxyl groups is 2. The first-order valence-corrected chi connectivity index (χ1v) is 23.9. The molecule has 4 aliphatic rings. The minimum Gasteiger partial charge on any atom is -0.385 e.